The molecule has 3 aromatic rings. The van der Waals surface area contributed by atoms with Crippen molar-refractivity contribution in [3.05, 3.63) is 100 Å². The van der Waals surface area contributed by atoms with Crippen molar-refractivity contribution in [1.29, 1.82) is 0 Å². The average molecular weight is 487 g/mol. The Balaban J connectivity index is 2.00. The standard InChI is InChI=1S/C25H24F2N2O4S/c1-16-8-11-21(17(2)12-16)29-25(30)24(15-28-14-18-6-4-5-7-22(18)33-3)34(31,32)23-13-19(26)9-10-20(23)27/h4-13,15,28H,14H2,1-3H3,(H,29,30). The number of methoxy groups -OCH3 is 1. The minimum atomic E-state index is -4.72. The highest BCUT2D eigenvalue weighted by Gasteiger charge is 2.30. The van der Waals surface area contributed by atoms with E-state index in [4.69, 9.17) is 4.74 Å². The molecule has 0 saturated heterocycles. The van der Waals surface area contributed by atoms with E-state index in [9.17, 15) is 22.0 Å². The molecular weight excluding hydrogens is 462 g/mol. The first kappa shape index (κ1) is 24.9. The zero-order valence-electron chi connectivity index (χ0n) is 18.9. The van der Waals surface area contributed by atoms with Gasteiger partial charge in [0.1, 0.15) is 22.3 Å². The van der Waals surface area contributed by atoms with Crippen molar-refractivity contribution < 1.29 is 26.7 Å². The number of rotatable bonds is 8. The largest absolute Gasteiger partial charge is 0.496 e. The van der Waals surface area contributed by atoms with Crippen molar-refractivity contribution in [2.24, 2.45) is 0 Å². The van der Waals surface area contributed by atoms with E-state index in [1.807, 2.05) is 13.0 Å². The Morgan fingerprint density at radius 2 is 1.76 bits per heavy atom. The molecule has 0 aliphatic heterocycles. The highest BCUT2D eigenvalue weighted by molar-refractivity contribution is 7.96. The second-order valence-corrected chi connectivity index (χ2v) is 9.44. The summed E-state index contributed by atoms with van der Waals surface area (Å²) in [6.07, 6.45) is 0.977. The van der Waals surface area contributed by atoms with Crippen LogP contribution in [0.1, 0.15) is 16.7 Å². The van der Waals surface area contributed by atoms with Crippen molar-refractivity contribution in [3.63, 3.8) is 0 Å². The van der Waals surface area contributed by atoms with Gasteiger partial charge in [0, 0.05) is 24.0 Å². The van der Waals surface area contributed by atoms with Crippen LogP contribution in [0.4, 0.5) is 14.5 Å². The van der Waals surface area contributed by atoms with Crippen molar-refractivity contribution in [3.8, 4) is 5.75 Å². The van der Waals surface area contributed by atoms with Gasteiger partial charge in [-0.15, -0.1) is 0 Å². The maximum Gasteiger partial charge on any atom is 0.269 e. The molecule has 3 aromatic carbocycles. The molecule has 34 heavy (non-hydrogen) atoms. The maximum atomic E-state index is 14.4. The van der Waals surface area contributed by atoms with Gasteiger partial charge in [0.15, 0.2) is 4.91 Å². The topological polar surface area (TPSA) is 84.5 Å². The molecule has 9 heteroatoms. The van der Waals surface area contributed by atoms with Gasteiger partial charge in [0.05, 0.1) is 7.11 Å². The van der Waals surface area contributed by atoms with E-state index in [-0.39, 0.29) is 6.54 Å². The number of halogens is 2. The lowest BCUT2D eigenvalue weighted by Gasteiger charge is -2.14. The van der Waals surface area contributed by atoms with Gasteiger partial charge in [0.25, 0.3) is 5.91 Å². The Kier molecular flexibility index (Phi) is 7.68. The first-order chi connectivity index (χ1) is 16.1. The summed E-state index contributed by atoms with van der Waals surface area (Å²) in [7, 11) is -3.23. The van der Waals surface area contributed by atoms with Gasteiger partial charge in [-0.3, -0.25) is 4.79 Å². The first-order valence-electron chi connectivity index (χ1n) is 10.3. The van der Waals surface area contributed by atoms with Crippen LogP contribution in [-0.2, 0) is 21.2 Å². The number of benzene rings is 3. The molecule has 0 aliphatic rings. The summed E-state index contributed by atoms with van der Waals surface area (Å²) in [6.45, 7) is 3.75. The Hall–Kier alpha value is -3.72. The number of ether oxygens (including phenoxy) is 1. The van der Waals surface area contributed by atoms with Crippen molar-refractivity contribution >= 4 is 21.4 Å². The molecule has 0 aromatic heterocycles. The molecule has 0 aliphatic carbocycles. The van der Waals surface area contributed by atoms with Gasteiger partial charge in [-0.25, -0.2) is 17.2 Å². The van der Waals surface area contributed by atoms with Crippen LogP contribution in [-0.4, -0.2) is 21.4 Å². The SMILES string of the molecule is COc1ccccc1CNC=C(C(=O)Nc1ccc(C)cc1C)S(=O)(=O)c1cc(F)ccc1F. The molecule has 0 atom stereocenters. The number of hydrogen-bond donors (Lipinski definition) is 2. The molecule has 1 amide bonds. The number of para-hydroxylation sites is 1. The molecule has 0 bridgehead atoms. The van der Waals surface area contributed by atoms with Gasteiger partial charge in [-0.1, -0.05) is 35.9 Å². The second kappa shape index (κ2) is 10.5. The monoisotopic (exact) mass is 486 g/mol. The molecule has 0 spiro atoms. The Labute approximate surface area is 197 Å². The van der Waals surface area contributed by atoms with E-state index in [0.717, 1.165) is 17.8 Å². The van der Waals surface area contributed by atoms with Gasteiger partial charge in [-0.2, -0.15) is 0 Å². The number of aryl methyl sites for hydroxylation is 2. The van der Waals surface area contributed by atoms with Crippen LogP contribution < -0.4 is 15.4 Å². The lowest BCUT2D eigenvalue weighted by Crippen LogP contribution is -2.24. The van der Waals surface area contributed by atoms with Gasteiger partial charge < -0.3 is 15.4 Å². The molecule has 2 N–H and O–H groups in total. The van der Waals surface area contributed by atoms with E-state index < -0.39 is 37.2 Å². The highest BCUT2D eigenvalue weighted by Crippen LogP contribution is 2.25. The van der Waals surface area contributed by atoms with Crippen molar-refractivity contribution in [1.82, 2.24) is 5.32 Å². The average Bonchev–Trinajstić information content (AvgIpc) is 2.80. The number of carbonyl (C=O) groups is 1. The lowest BCUT2D eigenvalue weighted by molar-refractivity contribution is -0.112. The summed E-state index contributed by atoms with van der Waals surface area (Å²) in [5.41, 5.74) is 2.76. The van der Waals surface area contributed by atoms with Crippen LogP contribution in [0.15, 0.2) is 76.7 Å². The number of amides is 1. The van der Waals surface area contributed by atoms with Gasteiger partial charge in [-0.05, 0) is 49.7 Å². The summed E-state index contributed by atoms with van der Waals surface area (Å²) in [5, 5.41) is 5.33. The minimum Gasteiger partial charge on any atom is -0.496 e. The lowest BCUT2D eigenvalue weighted by atomic mass is 10.1. The van der Waals surface area contributed by atoms with E-state index >= 15 is 0 Å². The van der Waals surface area contributed by atoms with Gasteiger partial charge >= 0.3 is 0 Å². The summed E-state index contributed by atoms with van der Waals surface area (Å²) < 4.78 is 59.9. The van der Waals surface area contributed by atoms with Crippen LogP contribution in [0.25, 0.3) is 0 Å². The summed E-state index contributed by atoms with van der Waals surface area (Å²) in [4.78, 5) is 11.4. The van der Waals surface area contributed by atoms with E-state index in [1.54, 1.807) is 43.3 Å². The quantitative estimate of drug-likeness (QED) is 0.454. The van der Waals surface area contributed by atoms with Gasteiger partial charge in [0.2, 0.25) is 9.84 Å². The zero-order valence-corrected chi connectivity index (χ0v) is 19.7. The number of carbonyl (C=O) groups excluding carboxylic acids is 1. The predicted octanol–water partition coefficient (Wildman–Crippen LogP) is 4.63. The fourth-order valence-corrected chi connectivity index (χ4v) is 4.67. The third kappa shape index (κ3) is 5.60. The summed E-state index contributed by atoms with van der Waals surface area (Å²) in [6, 6.07) is 14.3. The fourth-order valence-electron chi connectivity index (χ4n) is 3.31. The van der Waals surface area contributed by atoms with Crippen LogP contribution in [0, 0.1) is 25.5 Å². The number of anilines is 1. The Bertz CT molecular complexity index is 1350. The molecule has 0 saturated carbocycles. The molecule has 6 nitrogen and oxygen atoms in total. The molecule has 0 unspecified atom stereocenters. The van der Waals surface area contributed by atoms with E-state index in [2.05, 4.69) is 10.6 Å². The Morgan fingerprint density at radius 3 is 2.47 bits per heavy atom. The molecular formula is C25H24F2N2O4S. The highest BCUT2D eigenvalue weighted by atomic mass is 32.2. The smallest absolute Gasteiger partial charge is 0.269 e. The van der Waals surface area contributed by atoms with Crippen LogP contribution >= 0.6 is 0 Å². The maximum absolute atomic E-state index is 14.4. The summed E-state index contributed by atoms with van der Waals surface area (Å²) in [5.74, 6) is -2.56. The minimum absolute atomic E-state index is 0.117. The molecule has 0 heterocycles. The molecule has 178 valence electrons. The van der Waals surface area contributed by atoms with Crippen LogP contribution in [0.2, 0.25) is 0 Å². The molecule has 0 radical (unpaired) electrons. The molecule has 0 fully saturated rings. The number of nitrogens with one attached hydrogen (secondary N) is 2. The fraction of sp³-hybridized carbons (Fsp3) is 0.160. The predicted molar refractivity (Wildman–Crippen MR) is 126 cm³/mol. The molecule has 3 rings (SSSR count). The van der Waals surface area contributed by atoms with Crippen molar-refractivity contribution in [2.75, 3.05) is 12.4 Å². The normalized spacial score (nSPS) is 11.7. The zero-order chi connectivity index (χ0) is 24.9. The van der Waals surface area contributed by atoms with Crippen LogP contribution in [0.3, 0.4) is 0 Å². The van der Waals surface area contributed by atoms with E-state index in [1.165, 1.54) is 7.11 Å². The van der Waals surface area contributed by atoms with Crippen LogP contribution in [0.5, 0.6) is 5.75 Å². The summed E-state index contributed by atoms with van der Waals surface area (Å²) >= 11 is 0. The number of hydrogen-bond acceptors (Lipinski definition) is 5. The third-order valence-electron chi connectivity index (χ3n) is 5.04. The number of sulfone groups is 1. The van der Waals surface area contributed by atoms with E-state index in [0.29, 0.717) is 34.7 Å². The second-order valence-electron chi connectivity index (χ2n) is 7.55. The first-order valence-corrected chi connectivity index (χ1v) is 11.8. The third-order valence-corrected chi connectivity index (χ3v) is 6.82. The van der Waals surface area contributed by atoms with Crippen molar-refractivity contribution in [2.45, 2.75) is 25.3 Å². The Morgan fingerprint density at radius 1 is 1.03 bits per heavy atom.